The van der Waals surface area contributed by atoms with Crippen molar-refractivity contribution in [1.29, 1.82) is 0 Å². The summed E-state index contributed by atoms with van der Waals surface area (Å²) in [6.45, 7) is 6.33. The number of hydrogen-bond donors (Lipinski definition) is 2. The second-order valence-electron chi connectivity index (χ2n) is 1.78. The quantitative estimate of drug-likeness (QED) is 0.489. The summed E-state index contributed by atoms with van der Waals surface area (Å²) in [5.74, 6) is -0.0757. The topological polar surface area (TPSA) is 67.5 Å². The van der Waals surface area contributed by atoms with Crippen LogP contribution in [0.1, 0.15) is 33.6 Å². The summed E-state index contributed by atoms with van der Waals surface area (Å²) >= 11 is 0. The van der Waals surface area contributed by atoms with Gasteiger partial charge in [0, 0.05) is 12.6 Å². The first-order chi connectivity index (χ1) is 5.81. The molecule has 0 spiro atoms. The van der Waals surface area contributed by atoms with Crippen LogP contribution < -0.4 is 11.2 Å². The molecule has 0 saturated carbocycles. The third-order valence-corrected chi connectivity index (χ3v) is 0.897. The zero-order chi connectivity index (χ0) is 9.82. The van der Waals surface area contributed by atoms with E-state index < -0.39 is 0 Å². The second-order valence-corrected chi connectivity index (χ2v) is 1.78. The molecule has 0 aromatic rings. The molecule has 0 fully saturated rings. The number of amides is 1. The van der Waals surface area contributed by atoms with Gasteiger partial charge in [-0.05, 0) is 13.0 Å². The average molecular weight is 173 g/mol. The molecule has 0 saturated heterocycles. The summed E-state index contributed by atoms with van der Waals surface area (Å²) in [4.78, 5) is 10.5. The van der Waals surface area contributed by atoms with Gasteiger partial charge in [-0.2, -0.15) is 5.10 Å². The highest BCUT2D eigenvalue weighted by Gasteiger charge is 1.89. The summed E-state index contributed by atoms with van der Waals surface area (Å²) in [5, 5.41) is 3.63. The Morgan fingerprint density at radius 2 is 2.17 bits per heavy atom. The van der Waals surface area contributed by atoms with E-state index in [9.17, 15) is 4.79 Å². The minimum Gasteiger partial charge on any atom is -0.330 e. The minimum atomic E-state index is -0.0757. The van der Waals surface area contributed by atoms with Crippen molar-refractivity contribution < 1.29 is 4.79 Å². The molecule has 4 nitrogen and oxygen atoms in total. The maximum absolute atomic E-state index is 10.5. The highest BCUT2D eigenvalue weighted by atomic mass is 16.2. The molecule has 0 aliphatic heterocycles. The van der Waals surface area contributed by atoms with E-state index in [4.69, 9.17) is 5.73 Å². The van der Waals surface area contributed by atoms with Crippen molar-refractivity contribution in [2.45, 2.75) is 33.6 Å². The summed E-state index contributed by atoms with van der Waals surface area (Å²) in [6.07, 6.45) is 2.75. The summed E-state index contributed by atoms with van der Waals surface area (Å²) in [6, 6.07) is 0. The highest BCUT2D eigenvalue weighted by Crippen LogP contribution is 1.73. The molecule has 3 N–H and O–H groups in total. The van der Waals surface area contributed by atoms with E-state index in [0.717, 1.165) is 0 Å². The molecule has 4 heteroatoms. The van der Waals surface area contributed by atoms with Crippen molar-refractivity contribution in [2.24, 2.45) is 10.8 Å². The lowest BCUT2D eigenvalue weighted by atomic mass is 10.5. The van der Waals surface area contributed by atoms with Gasteiger partial charge in [0.2, 0.25) is 5.91 Å². The van der Waals surface area contributed by atoms with Crippen LogP contribution in [0.5, 0.6) is 0 Å². The van der Waals surface area contributed by atoms with E-state index in [-0.39, 0.29) is 5.91 Å². The van der Waals surface area contributed by atoms with Crippen LogP contribution in [0.3, 0.4) is 0 Å². The van der Waals surface area contributed by atoms with Crippen LogP contribution in [0.25, 0.3) is 0 Å². The Labute approximate surface area is 74.2 Å². The monoisotopic (exact) mass is 173 g/mol. The van der Waals surface area contributed by atoms with Gasteiger partial charge in [0.1, 0.15) is 0 Å². The summed E-state index contributed by atoms with van der Waals surface area (Å²) < 4.78 is 0. The lowest BCUT2D eigenvalue weighted by molar-refractivity contribution is -0.120. The van der Waals surface area contributed by atoms with Gasteiger partial charge >= 0.3 is 0 Å². The van der Waals surface area contributed by atoms with E-state index in [1.54, 1.807) is 13.1 Å². The molecule has 0 aliphatic carbocycles. The van der Waals surface area contributed by atoms with E-state index in [2.05, 4.69) is 10.5 Å². The zero-order valence-electron chi connectivity index (χ0n) is 8.13. The Morgan fingerprint density at radius 1 is 1.58 bits per heavy atom. The van der Waals surface area contributed by atoms with Crippen molar-refractivity contribution in [3.8, 4) is 0 Å². The van der Waals surface area contributed by atoms with E-state index in [1.807, 2.05) is 13.8 Å². The lowest BCUT2D eigenvalue weighted by Gasteiger charge is -1.92. The van der Waals surface area contributed by atoms with Crippen LogP contribution >= 0.6 is 0 Å². The van der Waals surface area contributed by atoms with Gasteiger partial charge in [-0.25, -0.2) is 5.43 Å². The average Bonchev–Trinajstić information content (AvgIpc) is 2.15. The molecule has 0 rings (SSSR count). The number of carbonyl (C=O) groups excluding carboxylic acids is 1. The van der Waals surface area contributed by atoms with Gasteiger partial charge in [-0.1, -0.05) is 20.8 Å². The van der Waals surface area contributed by atoms with E-state index in [1.165, 1.54) is 0 Å². The van der Waals surface area contributed by atoms with Crippen LogP contribution in [0.15, 0.2) is 5.10 Å². The van der Waals surface area contributed by atoms with Gasteiger partial charge in [-0.15, -0.1) is 0 Å². The van der Waals surface area contributed by atoms with Gasteiger partial charge in [0.25, 0.3) is 0 Å². The van der Waals surface area contributed by atoms with Crippen LogP contribution in [0, 0.1) is 0 Å². The fraction of sp³-hybridized carbons (Fsp3) is 0.750. The minimum absolute atomic E-state index is 0.0757. The molecule has 0 radical (unpaired) electrons. The van der Waals surface area contributed by atoms with Crippen LogP contribution in [0.2, 0.25) is 0 Å². The fourth-order valence-corrected chi connectivity index (χ4v) is 0.336. The molecule has 0 atom stereocenters. The number of nitrogens with one attached hydrogen (secondary N) is 1. The fourth-order valence-electron chi connectivity index (χ4n) is 0.336. The predicted molar refractivity (Wildman–Crippen MR) is 51.9 cm³/mol. The number of carbonyl (C=O) groups is 1. The molecule has 1 amide bonds. The molecule has 72 valence electrons. The van der Waals surface area contributed by atoms with Gasteiger partial charge < -0.3 is 5.73 Å². The van der Waals surface area contributed by atoms with E-state index in [0.29, 0.717) is 19.4 Å². The zero-order valence-corrected chi connectivity index (χ0v) is 8.13. The first kappa shape index (κ1) is 13.7. The number of hydrazone groups is 1. The predicted octanol–water partition coefficient (Wildman–Crippen LogP) is 0.873. The lowest BCUT2D eigenvalue weighted by Crippen LogP contribution is -2.15. The molecule has 0 aliphatic rings. The van der Waals surface area contributed by atoms with Crippen LogP contribution in [0.4, 0.5) is 0 Å². The number of hydrogen-bond acceptors (Lipinski definition) is 3. The van der Waals surface area contributed by atoms with Crippen molar-refractivity contribution in [2.75, 3.05) is 6.54 Å². The summed E-state index contributed by atoms with van der Waals surface area (Å²) in [5.41, 5.74) is 7.52. The standard InChI is InChI=1S/C6H13N3O.C2H6/c1-2-6(10)9-8-5-3-4-7;1-2/h5H,2-4,7H2,1H3,(H,9,10);1-2H3/b8-5+;. The highest BCUT2D eigenvalue weighted by molar-refractivity contribution is 5.76. The van der Waals surface area contributed by atoms with Gasteiger partial charge in [0.05, 0.1) is 0 Å². The second kappa shape index (κ2) is 12.7. The van der Waals surface area contributed by atoms with Crippen LogP contribution in [-0.4, -0.2) is 18.7 Å². The molecule has 0 aromatic heterocycles. The Bertz CT molecular complexity index is 123. The molecule has 0 unspecified atom stereocenters. The van der Waals surface area contributed by atoms with Crippen molar-refractivity contribution in [3.05, 3.63) is 0 Å². The third kappa shape index (κ3) is 11.8. The third-order valence-electron chi connectivity index (χ3n) is 0.897. The Kier molecular flexibility index (Phi) is 14.5. The smallest absolute Gasteiger partial charge is 0.239 e. The number of nitrogens with two attached hydrogens (primary N) is 1. The van der Waals surface area contributed by atoms with E-state index >= 15 is 0 Å². The Hall–Kier alpha value is -0.900. The molecular formula is C8H19N3O. The largest absolute Gasteiger partial charge is 0.330 e. The SMILES string of the molecule is CC.CCC(=O)N/N=C/CCN. The number of nitrogens with zero attached hydrogens (tertiary/aromatic N) is 1. The molecule has 12 heavy (non-hydrogen) atoms. The first-order valence-electron chi connectivity index (χ1n) is 4.31. The van der Waals surface area contributed by atoms with Crippen LogP contribution in [-0.2, 0) is 4.79 Å². The van der Waals surface area contributed by atoms with Gasteiger partial charge in [0.15, 0.2) is 0 Å². The Morgan fingerprint density at radius 3 is 2.58 bits per heavy atom. The maximum atomic E-state index is 10.5. The van der Waals surface area contributed by atoms with Crippen molar-refractivity contribution >= 4 is 12.1 Å². The summed E-state index contributed by atoms with van der Waals surface area (Å²) in [7, 11) is 0. The maximum Gasteiger partial charge on any atom is 0.239 e. The van der Waals surface area contributed by atoms with Crippen molar-refractivity contribution in [1.82, 2.24) is 5.43 Å². The number of rotatable bonds is 4. The first-order valence-corrected chi connectivity index (χ1v) is 4.31. The molecule has 0 aromatic carbocycles. The van der Waals surface area contributed by atoms with Crippen molar-refractivity contribution in [3.63, 3.8) is 0 Å². The molecule has 0 bridgehead atoms. The Balaban J connectivity index is 0. The van der Waals surface area contributed by atoms with Gasteiger partial charge in [-0.3, -0.25) is 4.79 Å². The molecule has 0 heterocycles. The normalized spacial score (nSPS) is 9.00. The molecular weight excluding hydrogens is 154 g/mol.